The topological polar surface area (TPSA) is 35.5 Å². The molecule has 1 fully saturated rings. The summed E-state index contributed by atoms with van der Waals surface area (Å²) in [6.45, 7) is 10.1. The van der Waals surface area contributed by atoms with E-state index in [2.05, 4.69) is 20.8 Å². The molecule has 0 aromatic rings. The summed E-state index contributed by atoms with van der Waals surface area (Å²) in [5.41, 5.74) is -0.599. The number of hydrogen-bond donors (Lipinski definition) is 0. The van der Waals surface area contributed by atoms with Crippen LogP contribution in [0, 0.1) is 5.41 Å². The Morgan fingerprint density at radius 2 is 2.00 bits per heavy atom. The Morgan fingerprint density at radius 1 is 1.46 bits per heavy atom. The van der Waals surface area contributed by atoms with Crippen molar-refractivity contribution in [2.24, 2.45) is 5.41 Å². The lowest BCUT2D eigenvalue weighted by molar-refractivity contribution is -0.0479. The van der Waals surface area contributed by atoms with Crippen molar-refractivity contribution in [1.82, 2.24) is 0 Å². The van der Waals surface area contributed by atoms with Gasteiger partial charge in [-0.3, -0.25) is 0 Å². The first kappa shape index (κ1) is 10.4. The molecular formula is C10H18O3. The standard InChI is InChI=1S/C10H18O3/c1-6-7-10(5,9(2,3)4)13-8(11)12-7/h7H,6H2,1-5H3/t7?,10-/m0/s1. The highest BCUT2D eigenvalue weighted by molar-refractivity contribution is 5.63. The van der Waals surface area contributed by atoms with Gasteiger partial charge in [0.25, 0.3) is 0 Å². The van der Waals surface area contributed by atoms with Crippen LogP contribution in [0.15, 0.2) is 0 Å². The Kier molecular flexibility index (Phi) is 2.30. The number of ether oxygens (including phenoxy) is 2. The zero-order valence-electron chi connectivity index (χ0n) is 9.01. The smallest absolute Gasteiger partial charge is 0.427 e. The maximum absolute atomic E-state index is 11.0. The van der Waals surface area contributed by atoms with E-state index >= 15 is 0 Å². The van der Waals surface area contributed by atoms with Gasteiger partial charge in [-0.05, 0) is 13.3 Å². The van der Waals surface area contributed by atoms with Gasteiger partial charge in [-0.25, -0.2) is 4.79 Å². The predicted octanol–water partition coefficient (Wildman–Crippen LogP) is 2.74. The van der Waals surface area contributed by atoms with Gasteiger partial charge in [0.05, 0.1) is 0 Å². The highest BCUT2D eigenvalue weighted by atomic mass is 16.8. The molecule has 2 atom stereocenters. The Bertz CT molecular complexity index is 217. The van der Waals surface area contributed by atoms with Crippen molar-refractivity contribution in [3.05, 3.63) is 0 Å². The third-order valence-corrected chi connectivity index (χ3v) is 3.01. The molecule has 1 unspecified atom stereocenters. The monoisotopic (exact) mass is 186 g/mol. The van der Waals surface area contributed by atoms with Crippen molar-refractivity contribution in [2.45, 2.75) is 52.7 Å². The zero-order valence-corrected chi connectivity index (χ0v) is 9.01. The second-order valence-corrected chi connectivity index (χ2v) is 4.72. The second kappa shape index (κ2) is 2.89. The molecule has 0 amide bonds. The summed E-state index contributed by atoms with van der Waals surface area (Å²) in [5.74, 6) is 0. The van der Waals surface area contributed by atoms with Gasteiger partial charge < -0.3 is 9.47 Å². The number of cyclic esters (lactones) is 2. The Balaban J connectivity index is 2.94. The fraction of sp³-hybridized carbons (Fsp3) is 0.900. The van der Waals surface area contributed by atoms with E-state index in [0.717, 1.165) is 6.42 Å². The minimum Gasteiger partial charge on any atom is -0.427 e. The van der Waals surface area contributed by atoms with Crippen LogP contribution in [-0.4, -0.2) is 17.9 Å². The molecule has 1 aliphatic rings. The summed E-state index contributed by atoms with van der Waals surface area (Å²) < 4.78 is 10.3. The van der Waals surface area contributed by atoms with Gasteiger partial charge in [0.1, 0.15) is 6.10 Å². The molecule has 0 radical (unpaired) electrons. The number of carbonyl (C=O) groups excluding carboxylic acids is 1. The summed E-state index contributed by atoms with van der Waals surface area (Å²) in [4.78, 5) is 11.0. The van der Waals surface area contributed by atoms with E-state index in [1.165, 1.54) is 0 Å². The van der Waals surface area contributed by atoms with Crippen LogP contribution in [0.4, 0.5) is 4.79 Å². The Hall–Kier alpha value is -0.730. The number of carbonyl (C=O) groups is 1. The van der Waals surface area contributed by atoms with Gasteiger partial charge in [0, 0.05) is 5.41 Å². The highest BCUT2D eigenvalue weighted by Gasteiger charge is 2.54. The summed E-state index contributed by atoms with van der Waals surface area (Å²) in [5, 5.41) is 0. The fourth-order valence-corrected chi connectivity index (χ4v) is 1.60. The van der Waals surface area contributed by atoms with Gasteiger partial charge in [-0.15, -0.1) is 0 Å². The highest BCUT2D eigenvalue weighted by Crippen LogP contribution is 2.42. The molecule has 1 rings (SSSR count). The predicted molar refractivity (Wildman–Crippen MR) is 49.5 cm³/mol. The third kappa shape index (κ3) is 1.52. The van der Waals surface area contributed by atoms with Crippen LogP contribution < -0.4 is 0 Å². The minimum atomic E-state index is -0.538. The van der Waals surface area contributed by atoms with E-state index < -0.39 is 11.8 Å². The third-order valence-electron chi connectivity index (χ3n) is 3.01. The van der Waals surface area contributed by atoms with Gasteiger partial charge in [0.2, 0.25) is 0 Å². The lowest BCUT2D eigenvalue weighted by Gasteiger charge is -2.38. The van der Waals surface area contributed by atoms with Gasteiger partial charge in [-0.2, -0.15) is 0 Å². The molecule has 1 heterocycles. The van der Waals surface area contributed by atoms with Gasteiger partial charge in [0.15, 0.2) is 5.60 Å². The first-order valence-electron chi connectivity index (χ1n) is 4.71. The van der Waals surface area contributed by atoms with Crippen LogP contribution >= 0.6 is 0 Å². The van der Waals surface area contributed by atoms with E-state index in [1.807, 2.05) is 13.8 Å². The van der Waals surface area contributed by atoms with Crippen molar-refractivity contribution in [1.29, 1.82) is 0 Å². The van der Waals surface area contributed by atoms with E-state index in [0.29, 0.717) is 0 Å². The van der Waals surface area contributed by atoms with Crippen LogP contribution in [0.1, 0.15) is 41.0 Å². The van der Waals surface area contributed by atoms with Crippen LogP contribution in [0.2, 0.25) is 0 Å². The van der Waals surface area contributed by atoms with Crippen molar-refractivity contribution in [3.63, 3.8) is 0 Å². The number of hydrogen-bond acceptors (Lipinski definition) is 3. The summed E-state index contributed by atoms with van der Waals surface area (Å²) in [7, 11) is 0. The maximum Gasteiger partial charge on any atom is 0.509 e. The molecular weight excluding hydrogens is 168 g/mol. The van der Waals surface area contributed by atoms with Crippen LogP contribution in [0.3, 0.4) is 0 Å². The summed E-state index contributed by atoms with van der Waals surface area (Å²) >= 11 is 0. The average molecular weight is 186 g/mol. The average Bonchev–Trinajstić information content (AvgIpc) is 2.25. The van der Waals surface area contributed by atoms with Crippen molar-refractivity contribution in [3.8, 4) is 0 Å². The maximum atomic E-state index is 11.0. The number of rotatable bonds is 1. The molecule has 0 aromatic carbocycles. The molecule has 0 aromatic heterocycles. The SMILES string of the molecule is CCC1OC(=O)O[C@]1(C)C(C)(C)C. The molecule has 0 N–H and O–H groups in total. The summed E-state index contributed by atoms with van der Waals surface area (Å²) in [6, 6.07) is 0. The summed E-state index contributed by atoms with van der Waals surface area (Å²) in [6.07, 6.45) is 0.128. The zero-order chi connectivity index (χ0) is 10.3. The molecule has 0 aliphatic carbocycles. The van der Waals surface area contributed by atoms with E-state index in [-0.39, 0.29) is 11.5 Å². The van der Waals surface area contributed by atoms with Crippen molar-refractivity contribution >= 4 is 6.16 Å². The van der Waals surface area contributed by atoms with E-state index in [9.17, 15) is 4.79 Å². The minimum absolute atomic E-state index is 0.0974. The van der Waals surface area contributed by atoms with Crippen LogP contribution in [-0.2, 0) is 9.47 Å². The first-order valence-corrected chi connectivity index (χ1v) is 4.71. The van der Waals surface area contributed by atoms with Crippen molar-refractivity contribution < 1.29 is 14.3 Å². The normalized spacial score (nSPS) is 34.2. The van der Waals surface area contributed by atoms with Crippen LogP contribution in [0.25, 0.3) is 0 Å². The Morgan fingerprint density at radius 3 is 2.31 bits per heavy atom. The lowest BCUT2D eigenvalue weighted by atomic mass is 9.73. The van der Waals surface area contributed by atoms with E-state index in [1.54, 1.807) is 0 Å². The first-order chi connectivity index (χ1) is 5.81. The van der Waals surface area contributed by atoms with Crippen LogP contribution in [0.5, 0.6) is 0 Å². The molecule has 0 saturated carbocycles. The Labute approximate surface area is 79.4 Å². The quantitative estimate of drug-likeness (QED) is 0.591. The molecule has 1 aliphatic heterocycles. The van der Waals surface area contributed by atoms with Gasteiger partial charge >= 0.3 is 6.16 Å². The van der Waals surface area contributed by atoms with Gasteiger partial charge in [-0.1, -0.05) is 27.7 Å². The largest absolute Gasteiger partial charge is 0.509 e. The molecule has 0 spiro atoms. The lowest BCUT2D eigenvalue weighted by Crippen LogP contribution is -2.47. The molecule has 76 valence electrons. The second-order valence-electron chi connectivity index (χ2n) is 4.72. The van der Waals surface area contributed by atoms with E-state index in [4.69, 9.17) is 9.47 Å². The molecule has 13 heavy (non-hydrogen) atoms. The molecule has 0 bridgehead atoms. The molecule has 1 saturated heterocycles. The molecule has 3 nitrogen and oxygen atoms in total. The van der Waals surface area contributed by atoms with Crippen molar-refractivity contribution in [2.75, 3.05) is 0 Å². The fourth-order valence-electron chi connectivity index (χ4n) is 1.60. The molecule has 3 heteroatoms.